The monoisotopic (exact) mass is 192 g/mol. The van der Waals surface area contributed by atoms with Crippen molar-refractivity contribution in [2.45, 2.75) is 25.8 Å². The summed E-state index contributed by atoms with van der Waals surface area (Å²) >= 11 is 0. The number of tetrazole rings is 1. The van der Waals surface area contributed by atoms with Crippen LogP contribution in [0.5, 0.6) is 0 Å². The molecule has 1 unspecified atom stereocenters. The zero-order chi connectivity index (χ0) is 9.97. The SMILES string of the molecule is CCC(N)Cc1ccc2nnnn2n1. The fraction of sp³-hybridized carbons (Fsp3) is 0.500. The van der Waals surface area contributed by atoms with Gasteiger partial charge in [-0.05, 0) is 29.0 Å². The second-order valence-corrected chi connectivity index (χ2v) is 3.22. The molecule has 14 heavy (non-hydrogen) atoms. The molecule has 0 aliphatic heterocycles. The average Bonchev–Trinajstić information content (AvgIpc) is 2.64. The number of hydrogen-bond acceptors (Lipinski definition) is 5. The number of nitrogens with zero attached hydrogens (tertiary/aromatic N) is 5. The molecule has 0 bridgehead atoms. The lowest BCUT2D eigenvalue weighted by atomic mass is 10.1. The van der Waals surface area contributed by atoms with Gasteiger partial charge in [-0.15, -0.1) is 9.73 Å². The van der Waals surface area contributed by atoms with Crippen molar-refractivity contribution in [2.75, 3.05) is 0 Å². The first-order valence-electron chi connectivity index (χ1n) is 4.59. The van der Waals surface area contributed by atoms with Gasteiger partial charge in [-0.2, -0.15) is 5.10 Å². The van der Waals surface area contributed by atoms with Gasteiger partial charge in [0.1, 0.15) is 0 Å². The molecule has 74 valence electrons. The van der Waals surface area contributed by atoms with Gasteiger partial charge in [-0.3, -0.25) is 0 Å². The first-order chi connectivity index (χ1) is 6.79. The van der Waals surface area contributed by atoms with E-state index in [0.717, 1.165) is 18.5 Å². The van der Waals surface area contributed by atoms with Gasteiger partial charge >= 0.3 is 0 Å². The van der Waals surface area contributed by atoms with Crippen LogP contribution >= 0.6 is 0 Å². The van der Waals surface area contributed by atoms with Crippen molar-refractivity contribution >= 4 is 5.65 Å². The van der Waals surface area contributed by atoms with Gasteiger partial charge in [-0.25, -0.2) is 0 Å². The maximum atomic E-state index is 5.82. The fourth-order valence-corrected chi connectivity index (χ4v) is 1.21. The van der Waals surface area contributed by atoms with Crippen LogP contribution in [0.15, 0.2) is 12.1 Å². The Morgan fingerprint density at radius 3 is 3.14 bits per heavy atom. The molecule has 0 aliphatic carbocycles. The molecule has 2 N–H and O–H groups in total. The molecule has 1 atom stereocenters. The smallest absolute Gasteiger partial charge is 0.199 e. The Labute approximate surface area is 81.1 Å². The molecule has 0 saturated heterocycles. The van der Waals surface area contributed by atoms with Crippen LogP contribution in [-0.2, 0) is 6.42 Å². The van der Waals surface area contributed by atoms with Gasteiger partial charge < -0.3 is 5.73 Å². The van der Waals surface area contributed by atoms with Crippen LogP contribution < -0.4 is 5.73 Å². The van der Waals surface area contributed by atoms with Crippen LogP contribution in [0.3, 0.4) is 0 Å². The molecule has 0 fully saturated rings. The number of fused-ring (bicyclic) bond motifs is 1. The van der Waals surface area contributed by atoms with Crippen molar-refractivity contribution in [3.63, 3.8) is 0 Å². The summed E-state index contributed by atoms with van der Waals surface area (Å²) in [5.41, 5.74) is 7.39. The van der Waals surface area contributed by atoms with E-state index in [1.165, 1.54) is 4.63 Å². The molecule has 2 aromatic rings. The van der Waals surface area contributed by atoms with E-state index >= 15 is 0 Å². The van der Waals surface area contributed by atoms with E-state index in [1.807, 2.05) is 12.1 Å². The van der Waals surface area contributed by atoms with E-state index in [-0.39, 0.29) is 6.04 Å². The van der Waals surface area contributed by atoms with E-state index in [1.54, 1.807) is 0 Å². The fourth-order valence-electron chi connectivity index (χ4n) is 1.21. The molecule has 2 heterocycles. The van der Waals surface area contributed by atoms with E-state index in [2.05, 4.69) is 27.5 Å². The number of hydrogen-bond donors (Lipinski definition) is 1. The number of rotatable bonds is 3. The summed E-state index contributed by atoms with van der Waals surface area (Å²) in [6.07, 6.45) is 1.70. The molecule has 0 saturated carbocycles. The van der Waals surface area contributed by atoms with Gasteiger partial charge in [-0.1, -0.05) is 6.92 Å². The van der Waals surface area contributed by atoms with Crippen molar-refractivity contribution in [3.8, 4) is 0 Å². The third kappa shape index (κ3) is 1.69. The topological polar surface area (TPSA) is 82.0 Å². The minimum absolute atomic E-state index is 0.149. The van der Waals surface area contributed by atoms with Gasteiger partial charge in [0.2, 0.25) is 0 Å². The van der Waals surface area contributed by atoms with Crippen molar-refractivity contribution in [1.29, 1.82) is 0 Å². The highest BCUT2D eigenvalue weighted by atomic mass is 15.6. The third-order valence-electron chi connectivity index (χ3n) is 2.12. The summed E-state index contributed by atoms with van der Waals surface area (Å²) in [5.74, 6) is 0. The van der Waals surface area contributed by atoms with Crippen LogP contribution in [0.2, 0.25) is 0 Å². The predicted octanol–water partition coefficient (Wildman–Crippen LogP) is -0.201. The maximum absolute atomic E-state index is 5.82. The average molecular weight is 192 g/mol. The zero-order valence-electron chi connectivity index (χ0n) is 7.96. The molecule has 6 heteroatoms. The summed E-state index contributed by atoms with van der Waals surface area (Å²) < 4.78 is 1.41. The van der Waals surface area contributed by atoms with E-state index in [4.69, 9.17) is 5.73 Å². The standard InChI is InChI=1S/C8H12N6/c1-2-6(9)5-7-3-4-8-10-12-13-14(8)11-7/h3-4,6H,2,5,9H2,1H3. The molecule has 0 aromatic carbocycles. The van der Waals surface area contributed by atoms with Gasteiger partial charge in [0.15, 0.2) is 5.65 Å². The van der Waals surface area contributed by atoms with Crippen LogP contribution in [0.4, 0.5) is 0 Å². The minimum Gasteiger partial charge on any atom is -0.327 e. The molecule has 2 aromatic heterocycles. The van der Waals surface area contributed by atoms with E-state index in [9.17, 15) is 0 Å². The Morgan fingerprint density at radius 2 is 2.36 bits per heavy atom. The molecular weight excluding hydrogens is 180 g/mol. The normalized spacial score (nSPS) is 13.3. The van der Waals surface area contributed by atoms with Crippen LogP contribution in [0, 0.1) is 0 Å². The Balaban J connectivity index is 2.25. The summed E-state index contributed by atoms with van der Waals surface area (Å²) in [7, 11) is 0. The van der Waals surface area contributed by atoms with E-state index < -0.39 is 0 Å². The third-order valence-corrected chi connectivity index (χ3v) is 2.12. The van der Waals surface area contributed by atoms with E-state index in [0.29, 0.717) is 5.65 Å². The first-order valence-corrected chi connectivity index (χ1v) is 4.59. The van der Waals surface area contributed by atoms with Crippen molar-refractivity contribution in [3.05, 3.63) is 17.8 Å². The minimum atomic E-state index is 0.149. The summed E-state index contributed by atoms with van der Waals surface area (Å²) in [4.78, 5) is 0. The molecule has 0 spiro atoms. The highest BCUT2D eigenvalue weighted by molar-refractivity contribution is 5.32. The van der Waals surface area contributed by atoms with Crippen LogP contribution in [0.25, 0.3) is 5.65 Å². The lowest BCUT2D eigenvalue weighted by molar-refractivity contribution is 0.615. The lowest BCUT2D eigenvalue weighted by Crippen LogP contribution is -2.22. The second-order valence-electron chi connectivity index (χ2n) is 3.22. The summed E-state index contributed by atoms with van der Waals surface area (Å²) in [6.45, 7) is 2.06. The van der Waals surface area contributed by atoms with Crippen molar-refractivity contribution < 1.29 is 0 Å². The number of aromatic nitrogens is 5. The Kier molecular flexibility index (Phi) is 2.36. The van der Waals surface area contributed by atoms with Crippen LogP contribution in [0.1, 0.15) is 19.0 Å². The summed E-state index contributed by atoms with van der Waals surface area (Å²) in [6, 6.07) is 3.89. The molecular formula is C8H12N6. The van der Waals surface area contributed by atoms with Crippen molar-refractivity contribution in [1.82, 2.24) is 25.3 Å². The highest BCUT2D eigenvalue weighted by Gasteiger charge is 2.04. The van der Waals surface area contributed by atoms with Gasteiger partial charge in [0.25, 0.3) is 0 Å². The summed E-state index contributed by atoms with van der Waals surface area (Å²) in [5, 5.41) is 15.2. The molecule has 2 rings (SSSR count). The highest BCUT2D eigenvalue weighted by Crippen LogP contribution is 2.02. The Bertz CT molecular complexity index is 422. The molecule has 0 aliphatic rings. The van der Waals surface area contributed by atoms with Gasteiger partial charge in [0.05, 0.1) is 5.69 Å². The van der Waals surface area contributed by atoms with Gasteiger partial charge in [0, 0.05) is 12.5 Å². The largest absolute Gasteiger partial charge is 0.327 e. The number of nitrogens with two attached hydrogens (primary N) is 1. The molecule has 6 nitrogen and oxygen atoms in total. The lowest BCUT2D eigenvalue weighted by Gasteiger charge is -2.06. The van der Waals surface area contributed by atoms with Crippen molar-refractivity contribution in [2.24, 2.45) is 5.73 Å². The first kappa shape index (κ1) is 9.01. The Morgan fingerprint density at radius 1 is 1.50 bits per heavy atom. The molecule has 0 amide bonds. The molecule has 0 radical (unpaired) electrons. The predicted molar refractivity (Wildman–Crippen MR) is 50.5 cm³/mol. The Hall–Kier alpha value is -1.56. The second kappa shape index (κ2) is 3.67. The zero-order valence-corrected chi connectivity index (χ0v) is 7.96. The quantitative estimate of drug-likeness (QED) is 0.728. The maximum Gasteiger partial charge on any atom is 0.199 e. The van der Waals surface area contributed by atoms with Crippen LogP contribution in [-0.4, -0.2) is 31.3 Å².